The van der Waals surface area contributed by atoms with Crippen LogP contribution in [0.3, 0.4) is 0 Å². The summed E-state index contributed by atoms with van der Waals surface area (Å²) in [7, 11) is 0. The highest BCUT2D eigenvalue weighted by molar-refractivity contribution is 5.73. The van der Waals surface area contributed by atoms with Crippen LogP contribution in [0.15, 0.2) is 0 Å². The van der Waals surface area contributed by atoms with Crippen LogP contribution in [-0.2, 0) is 42.7 Å². The van der Waals surface area contributed by atoms with E-state index in [0.717, 1.165) is 13.8 Å². The number of aliphatic hydroxyl groups is 12. The Bertz CT molecular complexity index is 1140. The van der Waals surface area contributed by atoms with Gasteiger partial charge in [0.05, 0.1) is 26.4 Å². The summed E-state index contributed by atoms with van der Waals surface area (Å²) in [6, 6.07) is -3.13. The molecular weight excluding hydrogens is 700 g/mol. The molecule has 23 nitrogen and oxygen atoms in total. The zero-order valence-corrected chi connectivity index (χ0v) is 27.4. The molecule has 296 valence electrons. The molecule has 23 heteroatoms. The number of hydrogen-bond donors (Lipinski definition) is 14. The number of ether oxygens (including phenoxy) is 7. The lowest BCUT2D eigenvalue weighted by Gasteiger charge is -2.50. The summed E-state index contributed by atoms with van der Waals surface area (Å²) >= 11 is 0. The van der Waals surface area contributed by atoms with Crippen molar-refractivity contribution >= 4 is 11.8 Å². The normalized spacial score (nSPS) is 47.8. The number of carbonyl (C=O) groups excluding carboxylic acids is 2. The van der Waals surface area contributed by atoms with Gasteiger partial charge in [0.1, 0.15) is 97.5 Å². The first kappa shape index (κ1) is 41.9. The van der Waals surface area contributed by atoms with Crippen molar-refractivity contribution in [3.63, 3.8) is 0 Å². The standard InChI is InChI=1S/C28H48N2O21/c1-7(35)29-13-19(41)15(37)9(3-31)46-26(13)51-24-18(40)12(6-34)48-28(21(24)43)49-22-14(30-8(2)36)27(47-11(5-33)16(22)38)50-23-17(39)10(4-32)45-25(44)20(23)42/h9-28,31-34,37-44H,3-6H2,1-2H3,(H,29,35)(H,30,36)/t9-,10-,11-,12-,13-,14-,15-,16-,17+,18+,19-,20-,21-,22-,23+,24+,25?,26+,27+,28+/m1/s1. The molecule has 4 aliphatic rings. The fourth-order valence-corrected chi connectivity index (χ4v) is 6.34. The van der Waals surface area contributed by atoms with Crippen molar-refractivity contribution in [1.29, 1.82) is 0 Å². The molecule has 0 aromatic heterocycles. The third-order valence-corrected chi connectivity index (χ3v) is 9.01. The summed E-state index contributed by atoms with van der Waals surface area (Å²) in [6.07, 6.45) is -31.9. The second kappa shape index (κ2) is 18.0. The van der Waals surface area contributed by atoms with E-state index in [0.29, 0.717) is 0 Å². The molecule has 0 spiro atoms. The Hall–Kier alpha value is -1.82. The molecule has 0 aliphatic carbocycles. The van der Waals surface area contributed by atoms with Crippen LogP contribution in [0.25, 0.3) is 0 Å². The molecule has 4 heterocycles. The molecule has 4 fully saturated rings. The summed E-state index contributed by atoms with van der Waals surface area (Å²) < 4.78 is 39.1. The maximum absolute atomic E-state index is 12.3. The van der Waals surface area contributed by atoms with Gasteiger partial charge in [-0.3, -0.25) is 9.59 Å². The molecule has 20 atom stereocenters. The van der Waals surface area contributed by atoms with Gasteiger partial charge >= 0.3 is 0 Å². The number of rotatable bonds is 12. The molecular formula is C28H48N2O21. The minimum Gasteiger partial charge on any atom is -0.394 e. The molecule has 14 N–H and O–H groups in total. The molecule has 2 amide bonds. The zero-order chi connectivity index (χ0) is 37.9. The summed E-state index contributed by atoms with van der Waals surface area (Å²) in [5.41, 5.74) is 0. The molecule has 0 saturated carbocycles. The van der Waals surface area contributed by atoms with Gasteiger partial charge in [-0.2, -0.15) is 0 Å². The quantitative estimate of drug-likeness (QED) is 0.0881. The molecule has 0 aromatic rings. The topological polar surface area (TPSA) is 366 Å². The lowest BCUT2D eigenvalue weighted by atomic mass is 9.94. The smallest absolute Gasteiger partial charge is 0.217 e. The first-order valence-electron chi connectivity index (χ1n) is 16.1. The van der Waals surface area contributed by atoms with Crippen LogP contribution in [0, 0.1) is 0 Å². The van der Waals surface area contributed by atoms with Gasteiger partial charge in [0, 0.05) is 13.8 Å². The van der Waals surface area contributed by atoms with E-state index in [2.05, 4.69) is 10.6 Å². The number of aliphatic hydroxyl groups excluding tert-OH is 12. The predicted molar refractivity (Wildman–Crippen MR) is 157 cm³/mol. The van der Waals surface area contributed by atoms with Gasteiger partial charge < -0.3 is 105 Å². The van der Waals surface area contributed by atoms with E-state index in [9.17, 15) is 70.9 Å². The molecule has 4 aliphatic heterocycles. The van der Waals surface area contributed by atoms with E-state index in [1.54, 1.807) is 0 Å². The number of carbonyl (C=O) groups is 2. The van der Waals surface area contributed by atoms with Crippen molar-refractivity contribution in [2.24, 2.45) is 0 Å². The highest BCUT2D eigenvalue weighted by Gasteiger charge is 2.56. The second-order valence-corrected chi connectivity index (χ2v) is 12.6. The molecule has 0 bridgehead atoms. The van der Waals surface area contributed by atoms with Gasteiger partial charge in [-0.05, 0) is 0 Å². The van der Waals surface area contributed by atoms with E-state index in [1.165, 1.54) is 0 Å². The van der Waals surface area contributed by atoms with Gasteiger partial charge in [-0.25, -0.2) is 0 Å². The van der Waals surface area contributed by atoms with Crippen LogP contribution in [0.5, 0.6) is 0 Å². The summed E-state index contributed by atoms with van der Waals surface area (Å²) in [6.45, 7) is -1.33. The van der Waals surface area contributed by atoms with Crippen molar-refractivity contribution < 1.29 is 104 Å². The number of hydrogen-bond acceptors (Lipinski definition) is 21. The van der Waals surface area contributed by atoms with Gasteiger partial charge in [0.25, 0.3) is 0 Å². The van der Waals surface area contributed by atoms with Crippen LogP contribution in [0.1, 0.15) is 13.8 Å². The van der Waals surface area contributed by atoms with Gasteiger partial charge in [0.15, 0.2) is 25.2 Å². The summed E-state index contributed by atoms with van der Waals surface area (Å²) in [5.74, 6) is -1.47. The third-order valence-electron chi connectivity index (χ3n) is 9.01. The Balaban J connectivity index is 1.63. The van der Waals surface area contributed by atoms with Gasteiger partial charge in [-0.1, -0.05) is 0 Å². The van der Waals surface area contributed by atoms with Gasteiger partial charge in [-0.15, -0.1) is 0 Å². The minimum atomic E-state index is -2.07. The Morgan fingerprint density at radius 3 is 1.33 bits per heavy atom. The molecule has 0 radical (unpaired) electrons. The van der Waals surface area contributed by atoms with E-state index in [4.69, 9.17) is 33.2 Å². The largest absolute Gasteiger partial charge is 0.394 e. The average Bonchev–Trinajstić information content (AvgIpc) is 3.08. The summed E-state index contributed by atoms with van der Waals surface area (Å²) in [5, 5.41) is 130. The average molecular weight is 749 g/mol. The molecule has 4 rings (SSSR count). The third kappa shape index (κ3) is 9.11. The second-order valence-electron chi connectivity index (χ2n) is 12.6. The fraction of sp³-hybridized carbons (Fsp3) is 0.929. The van der Waals surface area contributed by atoms with Gasteiger partial charge in [0.2, 0.25) is 11.8 Å². The predicted octanol–water partition coefficient (Wildman–Crippen LogP) is -9.46. The Morgan fingerprint density at radius 1 is 0.471 bits per heavy atom. The summed E-state index contributed by atoms with van der Waals surface area (Å²) in [4.78, 5) is 24.2. The van der Waals surface area contributed by atoms with Crippen molar-refractivity contribution in [3.05, 3.63) is 0 Å². The Labute approximate surface area is 289 Å². The fourth-order valence-electron chi connectivity index (χ4n) is 6.34. The lowest BCUT2D eigenvalue weighted by Crippen LogP contribution is -2.70. The van der Waals surface area contributed by atoms with E-state index >= 15 is 0 Å². The zero-order valence-electron chi connectivity index (χ0n) is 27.4. The Morgan fingerprint density at radius 2 is 0.843 bits per heavy atom. The first-order valence-corrected chi connectivity index (χ1v) is 16.1. The lowest BCUT2D eigenvalue weighted by molar-refractivity contribution is -0.375. The molecule has 1 unspecified atom stereocenters. The van der Waals surface area contributed by atoms with E-state index in [1.807, 2.05) is 0 Å². The van der Waals surface area contributed by atoms with Crippen LogP contribution in [0.4, 0.5) is 0 Å². The van der Waals surface area contributed by atoms with E-state index in [-0.39, 0.29) is 0 Å². The van der Waals surface area contributed by atoms with E-state index < -0.39 is 161 Å². The van der Waals surface area contributed by atoms with Crippen LogP contribution in [-0.4, -0.2) is 222 Å². The number of nitrogens with one attached hydrogen (secondary N) is 2. The molecule has 51 heavy (non-hydrogen) atoms. The monoisotopic (exact) mass is 748 g/mol. The Kier molecular flexibility index (Phi) is 14.8. The van der Waals surface area contributed by atoms with Crippen LogP contribution in [0.2, 0.25) is 0 Å². The highest BCUT2D eigenvalue weighted by Crippen LogP contribution is 2.34. The number of amides is 2. The first-order chi connectivity index (χ1) is 24.1. The van der Waals surface area contributed by atoms with Crippen LogP contribution >= 0.6 is 0 Å². The maximum atomic E-state index is 12.3. The van der Waals surface area contributed by atoms with Crippen molar-refractivity contribution in [3.8, 4) is 0 Å². The van der Waals surface area contributed by atoms with Crippen molar-refractivity contribution in [2.75, 3.05) is 26.4 Å². The molecule has 0 aromatic carbocycles. The van der Waals surface area contributed by atoms with Crippen molar-refractivity contribution in [1.82, 2.24) is 10.6 Å². The maximum Gasteiger partial charge on any atom is 0.217 e. The van der Waals surface area contributed by atoms with Crippen molar-refractivity contribution in [2.45, 2.75) is 137 Å². The molecule has 4 saturated heterocycles. The SMILES string of the molecule is CC(=O)N[C@H]1[C@H](O[C@H]2[C@@H](O)[C@@H](CO)O[C@@H](O[C@H]3[C@H](O)[C@@H](CO)O[C@@H](O[C@H]4[C@@H](O)[C@@H](CO)OC(O)[C@@H]4O)[C@@H]3NC(C)=O)[C@@H]2O)O[C@H](CO)[C@@H](O)[C@@H]1O. The minimum absolute atomic E-state index is 0.705. The van der Waals surface area contributed by atoms with Crippen LogP contribution < -0.4 is 10.6 Å². The highest BCUT2D eigenvalue weighted by atomic mass is 16.8.